The highest BCUT2D eigenvalue weighted by atomic mass is 16.5. The minimum absolute atomic E-state index is 0.0940. The summed E-state index contributed by atoms with van der Waals surface area (Å²) in [6, 6.07) is 9.89. The molecule has 12 heteroatoms. The molecule has 0 radical (unpaired) electrons. The van der Waals surface area contributed by atoms with Gasteiger partial charge in [-0.2, -0.15) is 10.2 Å². The molecule has 0 fully saturated rings. The molecule has 0 saturated carbocycles. The van der Waals surface area contributed by atoms with Gasteiger partial charge in [0, 0.05) is 24.8 Å². The number of anilines is 2. The van der Waals surface area contributed by atoms with Crippen LogP contribution in [0, 0.1) is 0 Å². The molecule has 2 heterocycles. The van der Waals surface area contributed by atoms with Crippen molar-refractivity contribution in [1.29, 1.82) is 0 Å². The summed E-state index contributed by atoms with van der Waals surface area (Å²) in [5, 5.41) is 26.9. The largest absolute Gasteiger partial charge is 0.504 e. The highest BCUT2D eigenvalue weighted by Gasteiger charge is 2.01. The van der Waals surface area contributed by atoms with Gasteiger partial charge in [0.2, 0.25) is 0 Å². The summed E-state index contributed by atoms with van der Waals surface area (Å²) < 4.78 is 9.99. The maximum atomic E-state index is 9.43. The van der Waals surface area contributed by atoms with Crippen LogP contribution in [0.4, 0.5) is 11.6 Å². The van der Waals surface area contributed by atoms with Gasteiger partial charge in [0.05, 0.1) is 39.0 Å². The van der Waals surface area contributed by atoms with E-state index in [9.17, 15) is 10.2 Å². The molecule has 4 N–H and O–H groups in total. The number of hydrogen-bond acceptors (Lipinski definition) is 12. The lowest BCUT2D eigenvalue weighted by Crippen LogP contribution is -1.94. The molecule has 184 valence electrons. The summed E-state index contributed by atoms with van der Waals surface area (Å²) in [6.07, 6.45) is 12.6. The summed E-state index contributed by atoms with van der Waals surface area (Å²) in [6.45, 7) is 0. The van der Waals surface area contributed by atoms with E-state index in [-0.39, 0.29) is 11.5 Å². The van der Waals surface area contributed by atoms with Crippen molar-refractivity contribution in [3.63, 3.8) is 0 Å². The fraction of sp³-hybridized carbons (Fsp3) is 0.0833. The molecule has 0 aliphatic rings. The van der Waals surface area contributed by atoms with Crippen LogP contribution < -0.4 is 20.3 Å². The van der Waals surface area contributed by atoms with Crippen LogP contribution in [0.2, 0.25) is 0 Å². The van der Waals surface area contributed by atoms with Crippen LogP contribution in [0.1, 0.15) is 11.1 Å². The average molecular weight is 489 g/mol. The Kier molecular flexibility index (Phi) is 9.47. The fourth-order valence-corrected chi connectivity index (χ4v) is 2.61. The zero-order valence-electron chi connectivity index (χ0n) is 19.5. The van der Waals surface area contributed by atoms with Crippen LogP contribution in [-0.2, 0) is 0 Å². The molecule has 0 amide bonds. The molecule has 0 atom stereocenters. The molecule has 36 heavy (non-hydrogen) atoms. The predicted molar refractivity (Wildman–Crippen MR) is 136 cm³/mol. The Morgan fingerprint density at radius 1 is 0.694 bits per heavy atom. The Hall–Kier alpha value is -5.26. The summed E-state index contributed by atoms with van der Waals surface area (Å²) >= 11 is 0. The van der Waals surface area contributed by atoms with E-state index in [1.807, 2.05) is 0 Å². The van der Waals surface area contributed by atoms with Gasteiger partial charge in [0.1, 0.15) is 0 Å². The number of ether oxygens (including phenoxy) is 2. The highest BCUT2D eigenvalue weighted by Crippen LogP contribution is 2.26. The molecule has 0 saturated heterocycles. The van der Waals surface area contributed by atoms with E-state index >= 15 is 0 Å². The second-order valence-electron chi connectivity index (χ2n) is 6.78. The van der Waals surface area contributed by atoms with E-state index in [0.717, 1.165) is 11.1 Å². The number of aromatic nitrogens is 4. The number of nitrogens with one attached hydrogen (secondary N) is 2. The molecule has 4 rings (SSSR count). The first-order valence-electron chi connectivity index (χ1n) is 10.4. The molecule has 0 unspecified atom stereocenters. The van der Waals surface area contributed by atoms with E-state index in [4.69, 9.17) is 9.47 Å². The van der Waals surface area contributed by atoms with Crippen molar-refractivity contribution < 1.29 is 19.7 Å². The first-order valence-corrected chi connectivity index (χ1v) is 10.4. The van der Waals surface area contributed by atoms with E-state index < -0.39 is 0 Å². The van der Waals surface area contributed by atoms with Crippen molar-refractivity contribution in [1.82, 2.24) is 19.9 Å². The number of phenolic OH excluding ortho intramolecular Hbond substituents is 2. The second-order valence-corrected chi connectivity index (χ2v) is 6.78. The number of phenols is 2. The minimum atomic E-state index is 0.0940. The van der Waals surface area contributed by atoms with Crippen molar-refractivity contribution in [2.45, 2.75) is 0 Å². The summed E-state index contributed by atoms with van der Waals surface area (Å²) in [7, 11) is 2.99. The molecule has 4 aromatic rings. The first kappa shape index (κ1) is 25.4. The number of nitrogens with zero attached hydrogens (tertiary/aromatic N) is 6. The van der Waals surface area contributed by atoms with Crippen LogP contribution >= 0.6 is 0 Å². The maximum Gasteiger partial charge on any atom is 0.164 e. The minimum Gasteiger partial charge on any atom is -0.504 e. The molecule has 12 nitrogen and oxygen atoms in total. The SMILES string of the molecule is COc1cc(/C=N/Nc2cnccn2)ccc1O.COc1cc(/C=N/Nc2cnccn2)ccc1O. The van der Waals surface area contributed by atoms with Gasteiger partial charge in [0.25, 0.3) is 0 Å². The van der Waals surface area contributed by atoms with Crippen molar-refractivity contribution in [3.8, 4) is 23.0 Å². The van der Waals surface area contributed by atoms with Gasteiger partial charge in [-0.1, -0.05) is 0 Å². The third-order valence-corrected chi connectivity index (χ3v) is 4.32. The van der Waals surface area contributed by atoms with Crippen LogP contribution in [0.3, 0.4) is 0 Å². The maximum absolute atomic E-state index is 9.43. The fourth-order valence-electron chi connectivity index (χ4n) is 2.61. The third kappa shape index (κ3) is 7.95. The first-order chi connectivity index (χ1) is 17.6. The number of benzene rings is 2. The van der Waals surface area contributed by atoms with Crippen molar-refractivity contribution in [2.75, 3.05) is 25.1 Å². The summed E-state index contributed by atoms with van der Waals surface area (Å²) in [4.78, 5) is 15.8. The van der Waals surface area contributed by atoms with Gasteiger partial charge in [-0.3, -0.25) is 20.8 Å². The van der Waals surface area contributed by atoms with Crippen LogP contribution in [0.15, 0.2) is 83.8 Å². The Morgan fingerprint density at radius 3 is 1.50 bits per heavy atom. The molecule has 0 spiro atoms. The number of hydrazone groups is 2. The third-order valence-electron chi connectivity index (χ3n) is 4.32. The molecular weight excluding hydrogens is 464 g/mol. The van der Waals surface area contributed by atoms with Gasteiger partial charge in [0.15, 0.2) is 34.6 Å². The Morgan fingerprint density at radius 2 is 1.14 bits per heavy atom. The zero-order chi connectivity index (χ0) is 25.6. The van der Waals surface area contributed by atoms with Gasteiger partial charge >= 0.3 is 0 Å². The second kappa shape index (κ2) is 13.4. The van der Waals surface area contributed by atoms with Crippen LogP contribution in [-0.4, -0.2) is 56.8 Å². The molecule has 2 aromatic carbocycles. The molecular formula is C24H24N8O4. The molecule has 2 aromatic heterocycles. The summed E-state index contributed by atoms with van der Waals surface area (Å²) in [5.74, 6) is 2.10. The van der Waals surface area contributed by atoms with E-state index in [0.29, 0.717) is 23.1 Å². The standard InChI is InChI=1S/2C12H12N4O2/c2*1-18-11-6-9(2-3-10(11)17)7-15-16-12-8-13-4-5-14-12/h2*2-8,17H,1H3,(H,14,16)/b2*15-7+. The van der Waals surface area contributed by atoms with Crippen molar-refractivity contribution >= 4 is 24.1 Å². The Balaban J connectivity index is 0.000000201. The number of methoxy groups -OCH3 is 2. The lowest BCUT2D eigenvalue weighted by Gasteiger charge is -2.03. The number of rotatable bonds is 8. The van der Waals surface area contributed by atoms with E-state index in [1.165, 1.54) is 14.2 Å². The van der Waals surface area contributed by atoms with Gasteiger partial charge in [-0.25, -0.2) is 9.97 Å². The lowest BCUT2D eigenvalue weighted by molar-refractivity contribution is 0.373. The number of aromatic hydroxyl groups is 2. The van der Waals surface area contributed by atoms with E-state index in [2.05, 4.69) is 41.0 Å². The van der Waals surface area contributed by atoms with Crippen LogP contribution in [0.5, 0.6) is 23.0 Å². The number of hydrogen-bond donors (Lipinski definition) is 4. The van der Waals surface area contributed by atoms with Gasteiger partial charge in [-0.05, 0) is 47.5 Å². The lowest BCUT2D eigenvalue weighted by atomic mass is 10.2. The van der Waals surface area contributed by atoms with Crippen LogP contribution in [0.25, 0.3) is 0 Å². The Bertz CT molecular complexity index is 1190. The molecule has 0 aliphatic carbocycles. The van der Waals surface area contributed by atoms with E-state index in [1.54, 1.807) is 86.0 Å². The van der Waals surface area contributed by atoms with Crippen molar-refractivity contribution in [2.24, 2.45) is 10.2 Å². The molecule has 0 aliphatic heterocycles. The predicted octanol–water partition coefficient (Wildman–Crippen LogP) is 3.27. The monoisotopic (exact) mass is 488 g/mol. The smallest absolute Gasteiger partial charge is 0.164 e. The zero-order valence-corrected chi connectivity index (χ0v) is 19.5. The van der Waals surface area contributed by atoms with Gasteiger partial charge in [-0.15, -0.1) is 0 Å². The quantitative estimate of drug-likeness (QED) is 0.214. The van der Waals surface area contributed by atoms with Crippen molar-refractivity contribution in [3.05, 3.63) is 84.7 Å². The average Bonchev–Trinajstić information content (AvgIpc) is 2.92. The summed E-state index contributed by atoms with van der Waals surface area (Å²) in [5.41, 5.74) is 7.06. The Labute approximate surface area is 207 Å². The highest BCUT2D eigenvalue weighted by molar-refractivity contribution is 5.82. The topological polar surface area (TPSA) is 159 Å². The molecule has 0 bridgehead atoms. The normalized spacial score (nSPS) is 10.5. The van der Waals surface area contributed by atoms with Gasteiger partial charge < -0.3 is 19.7 Å².